The van der Waals surface area contributed by atoms with Crippen molar-refractivity contribution in [2.24, 2.45) is 0 Å². The van der Waals surface area contributed by atoms with Crippen molar-refractivity contribution in [1.82, 2.24) is 19.6 Å². The Hall–Kier alpha value is -1.79. The van der Waals surface area contributed by atoms with Gasteiger partial charge in [0.15, 0.2) is 0 Å². The Kier molecular flexibility index (Phi) is 8.13. The van der Waals surface area contributed by atoms with Gasteiger partial charge in [0.05, 0.1) is 16.0 Å². The van der Waals surface area contributed by atoms with Crippen LogP contribution in [0.3, 0.4) is 0 Å². The molecule has 28 heavy (non-hydrogen) atoms. The Morgan fingerprint density at radius 1 is 1.25 bits per heavy atom. The van der Waals surface area contributed by atoms with Gasteiger partial charge in [0.25, 0.3) is 0 Å². The molecule has 2 rings (SSSR count). The minimum atomic E-state index is -3.55. The number of halogens is 1. The first kappa shape index (κ1) is 22.5. The third kappa shape index (κ3) is 6.67. The smallest absolute Gasteiger partial charge is 0.240 e. The highest BCUT2D eigenvalue weighted by molar-refractivity contribution is 9.10. The molecule has 9 nitrogen and oxygen atoms in total. The fourth-order valence-corrected chi connectivity index (χ4v) is 3.47. The van der Waals surface area contributed by atoms with Crippen LogP contribution in [0.2, 0.25) is 0 Å². The van der Waals surface area contributed by atoms with E-state index in [1.54, 1.807) is 18.3 Å². The highest BCUT2D eigenvalue weighted by atomic mass is 79.9. The summed E-state index contributed by atoms with van der Waals surface area (Å²) in [7, 11) is 0.209. The summed E-state index contributed by atoms with van der Waals surface area (Å²) in [5.41, 5.74) is 0.649. The second kappa shape index (κ2) is 10.1. The van der Waals surface area contributed by atoms with Gasteiger partial charge in [0, 0.05) is 31.0 Å². The first-order valence-electron chi connectivity index (χ1n) is 8.62. The molecule has 1 aromatic carbocycles. The third-order valence-corrected chi connectivity index (χ3v) is 5.73. The first-order chi connectivity index (χ1) is 13.2. The molecule has 0 saturated heterocycles. The maximum atomic E-state index is 12.3. The zero-order chi connectivity index (χ0) is 20.7. The number of nitrogens with one attached hydrogen (secondary N) is 3. The number of sulfonamides is 1. The SMILES string of the molecule is C[C@H](CO)Nc1nc(Nc2ccc(S(=O)(=O)NCCN(C)C)cc2)ncc1Br. The number of aromatic nitrogens is 2. The molecule has 1 heterocycles. The number of hydrogen-bond donors (Lipinski definition) is 4. The van der Waals surface area contributed by atoms with E-state index in [0.29, 0.717) is 35.0 Å². The van der Waals surface area contributed by atoms with Crippen molar-refractivity contribution in [1.29, 1.82) is 0 Å². The molecule has 0 spiro atoms. The average molecular weight is 473 g/mol. The van der Waals surface area contributed by atoms with Crippen LogP contribution in [-0.2, 0) is 10.0 Å². The topological polar surface area (TPSA) is 119 Å². The van der Waals surface area contributed by atoms with Crippen molar-refractivity contribution in [2.45, 2.75) is 17.9 Å². The Bertz CT molecular complexity index is 877. The van der Waals surface area contributed by atoms with E-state index in [1.807, 2.05) is 25.9 Å². The summed E-state index contributed by atoms with van der Waals surface area (Å²) in [4.78, 5) is 10.6. The number of likely N-dealkylation sites (N-methyl/N-ethyl adjacent to an activating group) is 1. The van der Waals surface area contributed by atoms with Crippen LogP contribution in [0.4, 0.5) is 17.5 Å². The largest absolute Gasteiger partial charge is 0.394 e. The molecule has 4 N–H and O–H groups in total. The molecule has 0 saturated carbocycles. The van der Waals surface area contributed by atoms with E-state index in [9.17, 15) is 13.5 Å². The molecule has 11 heteroatoms. The lowest BCUT2D eigenvalue weighted by atomic mass is 10.3. The molecule has 0 aliphatic rings. The molecule has 2 aromatic rings. The molecule has 0 amide bonds. The van der Waals surface area contributed by atoms with Crippen LogP contribution >= 0.6 is 15.9 Å². The summed E-state index contributed by atoms with van der Waals surface area (Å²) in [6.07, 6.45) is 1.59. The number of anilines is 3. The van der Waals surface area contributed by atoms with Crippen molar-refractivity contribution < 1.29 is 13.5 Å². The van der Waals surface area contributed by atoms with Crippen LogP contribution in [0.25, 0.3) is 0 Å². The number of aliphatic hydroxyl groups excluding tert-OH is 1. The maximum absolute atomic E-state index is 12.3. The lowest BCUT2D eigenvalue weighted by molar-refractivity contribution is 0.281. The Labute approximate surface area is 173 Å². The molecule has 0 aliphatic heterocycles. The fourth-order valence-electron chi connectivity index (χ4n) is 2.14. The lowest BCUT2D eigenvalue weighted by Crippen LogP contribution is -2.31. The summed E-state index contributed by atoms with van der Waals surface area (Å²) in [5, 5.41) is 15.3. The van der Waals surface area contributed by atoms with Crippen LogP contribution in [0.5, 0.6) is 0 Å². The predicted molar refractivity (Wildman–Crippen MR) is 113 cm³/mol. The molecule has 0 aliphatic carbocycles. The maximum Gasteiger partial charge on any atom is 0.240 e. The van der Waals surface area contributed by atoms with E-state index in [4.69, 9.17) is 0 Å². The third-order valence-electron chi connectivity index (χ3n) is 3.67. The number of hydrogen-bond acceptors (Lipinski definition) is 8. The van der Waals surface area contributed by atoms with E-state index in [2.05, 4.69) is 41.3 Å². The standard InChI is InChI=1S/C17H25BrN6O3S/c1-12(11-25)21-16-15(18)10-19-17(23-16)22-13-4-6-14(7-5-13)28(26,27)20-8-9-24(2)3/h4-7,10,12,20,25H,8-9,11H2,1-3H3,(H2,19,21,22,23)/t12-/m1/s1. The number of benzene rings is 1. The van der Waals surface area contributed by atoms with E-state index in [0.717, 1.165) is 0 Å². The van der Waals surface area contributed by atoms with Gasteiger partial charge >= 0.3 is 0 Å². The van der Waals surface area contributed by atoms with E-state index in [1.165, 1.54) is 12.1 Å². The van der Waals surface area contributed by atoms with Crippen molar-refractivity contribution in [3.05, 3.63) is 34.9 Å². The summed E-state index contributed by atoms with van der Waals surface area (Å²) < 4.78 is 27.8. The Morgan fingerprint density at radius 2 is 1.93 bits per heavy atom. The second-order valence-corrected chi connectivity index (χ2v) is 9.09. The minimum Gasteiger partial charge on any atom is -0.394 e. The molecule has 0 fully saturated rings. The Morgan fingerprint density at radius 3 is 2.54 bits per heavy atom. The molecule has 1 atom stereocenters. The van der Waals surface area contributed by atoms with E-state index < -0.39 is 10.0 Å². The van der Waals surface area contributed by atoms with Gasteiger partial charge in [-0.15, -0.1) is 0 Å². The number of aliphatic hydroxyl groups is 1. The van der Waals surface area contributed by atoms with Crippen molar-refractivity contribution in [3.8, 4) is 0 Å². The average Bonchev–Trinajstić information content (AvgIpc) is 2.64. The van der Waals surface area contributed by atoms with Crippen molar-refractivity contribution in [3.63, 3.8) is 0 Å². The first-order valence-corrected chi connectivity index (χ1v) is 10.9. The van der Waals surface area contributed by atoms with Gasteiger partial charge in [-0.1, -0.05) is 0 Å². The highest BCUT2D eigenvalue weighted by Gasteiger charge is 2.14. The van der Waals surface area contributed by atoms with Crippen molar-refractivity contribution >= 4 is 43.4 Å². The van der Waals surface area contributed by atoms with Gasteiger partial charge in [-0.05, 0) is 61.2 Å². The van der Waals surface area contributed by atoms with Crippen LogP contribution in [0, 0.1) is 0 Å². The fraction of sp³-hybridized carbons (Fsp3) is 0.412. The van der Waals surface area contributed by atoms with Crippen LogP contribution in [-0.4, -0.2) is 68.2 Å². The Balaban J connectivity index is 2.07. The van der Waals surface area contributed by atoms with E-state index >= 15 is 0 Å². The van der Waals surface area contributed by atoms with Crippen molar-refractivity contribution in [2.75, 3.05) is 44.4 Å². The van der Waals surface area contributed by atoms with Gasteiger partial charge in [0.2, 0.25) is 16.0 Å². The zero-order valence-corrected chi connectivity index (χ0v) is 18.4. The molecule has 0 unspecified atom stereocenters. The summed E-state index contributed by atoms with van der Waals surface area (Å²) in [6.45, 7) is 2.75. The quantitative estimate of drug-likeness (QED) is 0.411. The normalized spacial score (nSPS) is 12.8. The molecule has 154 valence electrons. The monoisotopic (exact) mass is 472 g/mol. The molecule has 0 bridgehead atoms. The number of rotatable bonds is 10. The van der Waals surface area contributed by atoms with E-state index in [-0.39, 0.29) is 17.5 Å². The van der Waals surface area contributed by atoms with Gasteiger partial charge in [0.1, 0.15) is 5.82 Å². The highest BCUT2D eigenvalue weighted by Crippen LogP contribution is 2.23. The van der Waals surface area contributed by atoms with Crippen LogP contribution < -0.4 is 15.4 Å². The van der Waals surface area contributed by atoms with Gasteiger partial charge in [-0.2, -0.15) is 4.98 Å². The summed E-state index contributed by atoms with van der Waals surface area (Å²) >= 11 is 3.36. The van der Waals surface area contributed by atoms with Crippen LogP contribution in [0.1, 0.15) is 6.92 Å². The summed E-state index contributed by atoms with van der Waals surface area (Å²) in [5.74, 6) is 0.888. The second-order valence-electron chi connectivity index (χ2n) is 6.47. The minimum absolute atomic E-state index is 0.0300. The van der Waals surface area contributed by atoms with Gasteiger partial charge in [-0.3, -0.25) is 0 Å². The molecular weight excluding hydrogens is 448 g/mol. The predicted octanol–water partition coefficient (Wildman–Crippen LogP) is 1.62. The van der Waals surface area contributed by atoms with Gasteiger partial charge in [-0.25, -0.2) is 18.1 Å². The molecular formula is C17H25BrN6O3S. The molecule has 0 radical (unpaired) electrons. The lowest BCUT2D eigenvalue weighted by Gasteiger charge is -2.14. The van der Waals surface area contributed by atoms with Gasteiger partial charge < -0.3 is 20.6 Å². The zero-order valence-electron chi connectivity index (χ0n) is 16.0. The van der Waals surface area contributed by atoms with Crippen LogP contribution in [0.15, 0.2) is 39.8 Å². The number of nitrogens with zero attached hydrogens (tertiary/aromatic N) is 3. The molecule has 1 aromatic heterocycles. The summed E-state index contributed by atoms with van der Waals surface area (Å²) in [6, 6.07) is 6.17.